The molecule has 2 heterocycles. The average molecular weight is 413 g/mol. The van der Waals surface area contributed by atoms with Crippen LogP contribution < -0.4 is 0 Å². The number of β-amino-alcohol motifs (C(OH)–C–C–N with tert-alkyl or cyclic N) is 1. The van der Waals surface area contributed by atoms with E-state index in [0.717, 1.165) is 5.56 Å². The highest BCUT2D eigenvalue weighted by Gasteiger charge is 2.35. The Kier molecular flexibility index (Phi) is 5.58. The fourth-order valence-electron chi connectivity index (χ4n) is 3.59. The number of hydrogen-bond acceptors (Lipinski definition) is 6. The lowest BCUT2D eigenvalue weighted by Gasteiger charge is -2.21. The van der Waals surface area contributed by atoms with Gasteiger partial charge in [-0.05, 0) is 41.8 Å². The van der Waals surface area contributed by atoms with Crippen molar-refractivity contribution >= 4 is 11.6 Å². The van der Waals surface area contributed by atoms with Gasteiger partial charge in [0.05, 0.1) is 23.8 Å². The molecule has 0 bridgehead atoms. The summed E-state index contributed by atoms with van der Waals surface area (Å²) in [4.78, 5) is 6.53. The molecule has 1 aliphatic rings. The van der Waals surface area contributed by atoms with E-state index in [1.54, 1.807) is 12.1 Å². The Hall–Kier alpha value is -2.79. The summed E-state index contributed by atoms with van der Waals surface area (Å²) < 4.78 is 18.7. The first-order chi connectivity index (χ1) is 14.0. The summed E-state index contributed by atoms with van der Waals surface area (Å²) in [7, 11) is 0. The Bertz CT molecular complexity index is 1060. The molecule has 1 aromatic heterocycles. The van der Waals surface area contributed by atoms with E-state index < -0.39 is 11.9 Å². The van der Waals surface area contributed by atoms with Gasteiger partial charge < -0.3 is 9.63 Å². The minimum atomic E-state index is -0.499. The third-order valence-corrected chi connectivity index (χ3v) is 5.31. The standard InChI is InChI=1S/C21H18ClFN4O2/c22-18-8-16(23)5-4-15(18)7-20-25-21(29-26-20)19-9-17(28)12-27(19)11-14-3-1-2-13(6-14)10-24/h1-6,8,17,19,28H,7,9,11-12H2/t17-,19+/m1/s1. The Morgan fingerprint density at radius 3 is 2.97 bits per heavy atom. The van der Waals surface area contributed by atoms with Crippen molar-refractivity contribution in [3.05, 3.63) is 81.7 Å². The van der Waals surface area contributed by atoms with Crippen LogP contribution in [0.4, 0.5) is 4.39 Å². The molecule has 1 aliphatic heterocycles. The van der Waals surface area contributed by atoms with Crippen molar-refractivity contribution in [2.45, 2.75) is 31.5 Å². The van der Waals surface area contributed by atoms with Gasteiger partial charge in [0.15, 0.2) is 5.82 Å². The zero-order valence-corrected chi connectivity index (χ0v) is 16.2. The lowest BCUT2D eigenvalue weighted by Crippen LogP contribution is -2.24. The first-order valence-corrected chi connectivity index (χ1v) is 9.57. The molecular formula is C21H18ClFN4O2. The van der Waals surface area contributed by atoms with E-state index in [1.165, 1.54) is 12.1 Å². The molecule has 0 aliphatic carbocycles. The second-order valence-corrected chi connectivity index (χ2v) is 7.52. The lowest BCUT2D eigenvalue weighted by atomic mass is 10.1. The maximum atomic E-state index is 13.2. The van der Waals surface area contributed by atoms with Crippen molar-refractivity contribution < 1.29 is 14.0 Å². The highest BCUT2D eigenvalue weighted by Crippen LogP contribution is 2.33. The summed E-state index contributed by atoms with van der Waals surface area (Å²) >= 11 is 6.08. The zero-order chi connectivity index (χ0) is 20.4. The van der Waals surface area contributed by atoms with Crippen molar-refractivity contribution in [2.24, 2.45) is 0 Å². The Morgan fingerprint density at radius 1 is 1.31 bits per heavy atom. The minimum absolute atomic E-state index is 0.222. The maximum absolute atomic E-state index is 13.2. The van der Waals surface area contributed by atoms with Crippen molar-refractivity contribution in [1.82, 2.24) is 15.0 Å². The van der Waals surface area contributed by atoms with Crippen molar-refractivity contribution in [3.8, 4) is 6.07 Å². The van der Waals surface area contributed by atoms with Crippen LogP contribution in [0.3, 0.4) is 0 Å². The van der Waals surface area contributed by atoms with Gasteiger partial charge in [-0.2, -0.15) is 10.2 Å². The van der Waals surface area contributed by atoms with Crippen LogP contribution in [0.1, 0.15) is 40.9 Å². The van der Waals surface area contributed by atoms with E-state index in [-0.39, 0.29) is 6.04 Å². The number of aromatic nitrogens is 2. The number of nitriles is 1. The van der Waals surface area contributed by atoms with Gasteiger partial charge in [0.25, 0.3) is 0 Å². The van der Waals surface area contributed by atoms with Gasteiger partial charge in [0.2, 0.25) is 5.89 Å². The summed E-state index contributed by atoms with van der Waals surface area (Å²) in [5, 5.41) is 23.6. The van der Waals surface area contributed by atoms with Gasteiger partial charge in [-0.3, -0.25) is 4.90 Å². The fourth-order valence-corrected chi connectivity index (χ4v) is 3.83. The molecule has 6 nitrogen and oxygen atoms in total. The van der Waals surface area contributed by atoms with Crippen molar-refractivity contribution in [3.63, 3.8) is 0 Å². The third kappa shape index (κ3) is 4.46. The molecule has 3 aromatic rings. The monoisotopic (exact) mass is 412 g/mol. The quantitative estimate of drug-likeness (QED) is 0.688. The predicted molar refractivity (Wildman–Crippen MR) is 103 cm³/mol. The number of aliphatic hydroxyl groups excluding tert-OH is 1. The van der Waals surface area contributed by atoms with Crippen LogP contribution in [0.2, 0.25) is 5.02 Å². The molecule has 4 rings (SSSR count). The van der Waals surface area contributed by atoms with E-state index in [9.17, 15) is 9.50 Å². The highest BCUT2D eigenvalue weighted by molar-refractivity contribution is 6.31. The number of benzene rings is 2. The van der Waals surface area contributed by atoms with Gasteiger partial charge in [-0.1, -0.05) is 35.0 Å². The molecule has 1 saturated heterocycles. The molecule has 0 saturated carbocycles. The van der Waals surface area contributed by atoms with Gasteiger partial charge in [-0.15, -0.1) is 0 Å². The summed E-state index contributed by atoms with van der Waals surface area (Å²) in [5.74, 6) is 0.469. The van der Waals surface area contributed by atoms with Gasteiger partial charge >= 0.3 is 0 Å². The molecule has 1 N–H and O–H groups in total. The number of halogens is 2. The smallest absolute Gasteiger partial charge is 0.244 e. The molecule has 0 spiro atoms. The van der Waals surface area contributed by atoms with E-state index in [1.807, 2.05) is 18.2 Å². The largest absolute Gasteiger partial charge is 0.392 e. The number of rotatable bonds is 5. The van der Waals surface area contributed by atoms with Gasteiger partial charge in [0, 0.05) is 24.5 Å². The fraction of sp³-hybridized carbons (Fsp3) is 0.286. The summed E-state index contributed by atoms with van der Waals surface area (Å²) in [6.45, 7) is 1.03. The van der Waals surface area contributed by atoms with Crippen LogP contribution in [0.15, 0.2) is 47.0 Å². The summed E-state index contributed by atoms with van der Waals surface area (Å²) in [5.41, 5.74) is 2.27. The van der Waals surface area contributed by atoms with E-state index in [2.05, 4.69) is 21.1 Å². The van der Waals surface area contributed by atoms with Gasteiger partial charge in [-0.25, -0.2) is 4.39 Å². The number of aliphatic hydroxyl groups is 1. The molecule has 2 atom stereocenters. The topological polar surface area (TPSA) is 86.2 Å². The predicted octanol–water partition coefficient (Wildman–Crippen LogP) is 3.63. The van der Waals surface area contributed by atoms with Gasteiger partial charge in [0.1, 0.15) is 5.82 Å². The second kappa shape index (κ2) is 8.29. The van der Waals surface area contributed by atoms with Crippen LogP contribution in [0, 0.1) is 17.1 Å². The van der Waals surface area contributed by atoms with E-state index in [0.29, 0.717) is 53.8 Å². The maximum Gasteiger partial charge on any atom is 0.244 e. The Balaban J connectivity index is 1.51. The SMILES string of the molecule is N#Cc1cccc(CN2C[C@H](O)C[C@H]2c2nc(Cc3ccc(F)cc3Cl)no2)c1. The summed E-state index contributed by atoms with van der Waals surface area (Å²) in [6, 6.07) is 13.5. The van der Waals surface area contributed by atoms with Crippen LogP contribution in [-0.2, 0) is 13.0 Å². The van der Waals surface area contributed by atoms with E-state index >= 15 is 0 Å². The minimum Gasteiger partial charge on any atom is -0.392 e. The molecule has 29 heavy (non-hydrogen) atoms. The first kappa shape index (κ1) is 19.5. The summed E-state index contributed by atoms with van der Waals surface area (Å²) in [6.07, 6.45) is 0.306. The average Bonchev–Trinajstić information content (AvgIpc) is 3.30. The van der Waals surface area contributed by atoms with Crippen LogP contribution in [-0.4, -0.2) is 32.8 Å². The zero-order valence-electron chi connectivity index (χ0n) is 15.4. The number of likely N-dealkylation sites (tertiary alicyclic amines) is 1. The Morgan fingerprint density at radius 2 is 2.17 bits per heavy atom. The highest BCUT2D eigenvalue weighted by atomic mass is 35.5. The third-order valence-electron chi connectivity index (χ3n) is 4.96. The van der Waals surface area contributed by atoms with Crippen molar-refractivity contribution in [1.29, 1.82) is 5.26 Å². The number of hydrogen-bond donors (Lipinski definition) is 1. The lowest BCUT2D eigenvalue weighted by molar-refractivity contribution is 0.169. The molecular weight excluding hydrogens is 395 g/mol. The normalized spacial score (nSPS) is 19.4. The van der Waals surface area contributed by atoms with E-state index in [4.69, 9.17) is 21.4 Å². The molecule has 8 heteroatoms. The van der Waals surface area contributed by atoms with Crippen molar-refractivity contribution in [2.75, 3.05) is 6.54 Å². The molecule has 1 fully saturated rings. The van der Waals surface area contributed by atoms with Crippen LogP contribution >= 0.6 is 11.6 Å². The second-order valence-electron chi connectivity index (χ2n) is 7.11. The van der Waals surface area contributed by atoms with Crippen LogP contribution in [0.5, 0.6) is 0 Å². The first-order valence-electron chi connectivity index (χ1n) is 9.19. The van der Waals surface area contributed by atoms with Crippen LogP contribution in [0.25, 0.3) is 0 Å². The molecule has 0 radical (unpaired) electrons. The molecule has 0 amide bonds. The number of nitrogens with zero attached hydrogens (tertiary/aromatic N) is 4. The molecule has 0 unspecified atom stereocenters. The molecule has 148 valence electrons. The molecule has 2 aromatic carbocycles. The Labute approximate surface area is 172 Å².